The van der Waals surface area contributed by atoms with E-state index in [0.29, 0.717) is 27.1 Å². The number of amides is 1. The van der Waals surface area contributed by atoms with E-state index in [1.807, 2.05) is 25.1 Å². The van der Waals surface area contributed by atoms with Gasteiger partial charge < -0.3 is 14.2 Å². The summed E-state index contributed by atoms with van der Waals surface area (Å²) in [6, 6.07) is 13.9. The molecule has 0 atom stereocenters. The third-order valence-electron chi connectivity index (χ3n) is 4.20. The highest BCUT2D eigenvalue weighted by atomic mass is 35.5. The van der Waals surface area contributed by atoms with Crippen molar-refractivity contribution < 1.29 is 13.6 Å². The van der Waals surface area contributed by atoms with Crippen LogP contribution in [-0.4, -0.2) is 5.91 Å². The Morgan fingerprint density at radius 3 is 2.69 bits per heavy atom. The minimum absolute atomic E-state index is 0.150. The smallest absolute Gasteiger partial charge is 0.336 e. The van der Waals surface area contributed by atoms with Crippen molar-refractivity contribution in [2.24, 2.45) is 0 Å². The van der Waals surface area contributed by atoms with E-state index in [-0.39, 0.29) is 18.2 Å². The molecule has 0 bridgehead atoms. The third kappa shape index (κ3) is 2.97. The Bertz CT molecular complexity index is 1170. The molecule has 0 aliphatic rings. The fraction of sp³-hybridized carbons (Fsp3) is 0.100. The van der Waals surface area contributed by atoms with E-state index < -0.39 is 5.63 Å². The molecule has 0 saturated carbocycles. The van der Waals surface area contributed by atoms with Crippen molar-refractivity contribution in [3.63, 3.8) is 0 Å². The lowest BCUT2D eigenvalue weighted by Crippen LogP contribution is -2.23. The van der Waals surface area contributed by atoms with Gasteiger partial charge in [-0.05, 0) is 42.3 Å². The molecule has 5 nitrogen and oxygen atoms in total. The van der Waals surface area contributed by atoms with E-state index in [9.17, 15) is 9.59 Å². The van der Waals surface area contributed by atoms with Crippen LogP contribution in [0.1, 0.15) is 21.7 Å². The van der Waals surface area contributed by atoms with Crippen molar-refractivity contribution >= 4 is 39.4 Å². The molecule has 4 rings (SSSR count). The predicted molar refractivity (Wildman–Crippen MR) is 99.6 cm³/mol. The molecule has 1 amide bonds. The normalized spacial score (nSPS) is 11.2. The van der Waals surface area contributed by atoms with Crippen LogP contribution in [-0.2, 0) is 6.54 Å². The van der Waals surface area contributed by atoms with Crippen LogP contribution in [0.25, 0.3) is 21.9 Å². The van der Waals surface area contributed by atoms with Gasteiger partial charge in [-0.1, -0.05) is 29.8 Å². The van der Waals surface area contributed by atoms with Crippen molar-refractivity contribution in [2.45, 2.75) is 13.5 Å². The summed E-state index contributed by atoms with van der Waals surface area (Å²) in [7, 11) is 0. The van der Waals surface area contributed by atoms with Gasteiger partial charge in [-0.25, -0.2) is 4.79 Å². The number of furan rings is 1. The maximum absolute atomic E-state index is 12.4. The molecule has 130 valence electrons. The van der Waals surface area contributed by atoms with Crippen LogP contribution in [0.5, 0.6) is 0 Å². The number of rotatable bonds is 3. The van der Waals surface area contributed by atoms with Gasteiger partial charge in [0.05, 0.1) is 0 Å². The standard InChI is InChI=1S/C20H14ClNO4/c1-11-6-17-14(9-15(11)21)13(8-19(23)26-17)10-22-20(24)18-7-12-4-2-3-5-16(12)25-18/h2-9H,10H2,1H3,(H,22,24). The summed E-state index contributed by atoms with van der Waals surface area (Å²) in [5.74, 6) is -0.145. The van der Waals surface area contributed by atoms with Crippen LogP contribution in [0.2, 0.25) is 5.02 Å². The zero-order chi connectivity index (χ0) is 18.3. The van der Waals surface area contributed by atoms with Gasteiger partial charge in [0.1, 0.15) is 11.2 Å². The molecule has 0 unspecified atom stereocenters. The number of fused-ring (bicyclic) bond motifs is 2. The summed E-state index contributed by atoms with van der Waals surface area (Å²) in [5.41, 5.74) is 2.04. The Kier molecular flexibility index (Phi) is 4.01. The molecule has 4 aromatic rings. The summed E-state index contributed by atoms with van der Waals surface area (Å²) in [5, 5.41) is 4.88. The summed E-state index contributed by atoms with van der Waals surface area (Å²) in [6.45, 7) is 1.98. The van der Waals surface area contributed by atoms with Crippen molar-refractivity contribution in [1.29, 1.82) is 0 Å². The van der Waals surface area contributed by atoms with Gasteiger partial charge in [0, 0.05) is 28.4 Å². The Balaban J connectivity index is 1.64. The molecule has 2 heterocycles. The molecule has 6 heteroatoms. The number of aryl methyl sites for hydroxylation is 1. The van der Waals surface area contributed by atoms with Gasteiger partial charge in [0.25, 0.3) is 5.91 Å². The predicted octanol–water partition coefficient (Wildman–Crippen LogP) is 4.43. The van der Waals surface area contributed by atoms with Gasteiger partial charge in [-0.2, -0.15) is 0 Å². The van der Waals surface area contributed by atoms with Gasteiger partial charge in [-0.3, -0.25) is 4.79 Å². The number of nitrogens with one attached hydrogen (secondary N) is 1. The minimum atomic E-state index is -0.479. The number of carbonyl (C=O) groups excluding carboxylic acids is 1. The Hall–Kier alpha value is -3.05. The fourth-order valence-corrected chi connectivity index (χ4v) is 3.01. The molecule has 0 spiro atoms. The van der Waals surface area contributed by atoms with E-state index in [2.05, 4.69) is 5.32 Å². The van der Waals surface area contributed by atoms with E-state index >= 15 is 0 Å². The molecule has 0 saturated heterocycles. The Labute approximate surface area is 153 Å². The number of hydrogen-bond acceptors (Lipinski definition) is 4. The van der Waals surface area contributed by atoms with Crippen LogP contribution in [0.4, 0.5) is 0 Å². The van der Waals surface area contributed by atoms with Gasteiger partial charge in [0.2, 0.25) is 0 Å². The fourth-order valence-electron chi connectivity index (χ4n) is 2.85. The first-order valence-electron chi connectivity index (χ1n) is 8.01. The lowest BCUT2D eigenvalue weighted by atomic mass is 10.1. The van der Waals surface area contributed by atoms with Crippen LogP contribution >= 0.6 is 11.6 Å². The zero-order valence-corrected chi connectivity index (χ0v) is 14.6. The topological polar surface area (TPSA) is 72.5 Å². The summed E-state index contributed by atoms with van der Waals surface area (Å²) in [6.07, 6.45) is 0. The highest BCUT2D eigenvalue weighted by Crippen LogP contribution is 2.25. The molecule has 0 radical (unpaired) electrons. The van der Waals surface area contributed by atoms with E-state index in [1.54, 1.807) is 24.3 Å². The molecule has 0 aliphatic carbocycles. The van der Waals surface area contributed by atoms with Crippen molar-refractivity contribution in [1.82, 2.24) is 5.32 Å². The molecular weight excluding hydrogens is 354 g/mol. The second kappa shape index (κ2) is 6.35. The van der Waals surface area contributed by atoms with Gasteiger partial charge in [0.15, 0.2) is 5.76 Å². The molecule has 0 fully saturated rings. The first-order chi connectivity index (χ1) is 12.5. The van der Waals surface area contributed by atoms with Crippen LogP contribution < -0.4 is 10.9 Å². The number of benzene rings is 2. The average molecular weight is 368 g/mol. The van der Waals surface area contributed by atoms with Crippen molar-refractivity contribution in [3.8, 4) is 0 Å². The number of halogens is 1. The van der Waals surface area contributed by atoms with Gasteiger partial charge in [-0.15, -0.1) is 0 Å². The van der Waals surface area contributed by atoms with E-state index in [4.69, 9.17) is 20.4 Å². The molecular formula is C20H14ClNO4. The van der Waals surface area contributed by atoms with Crippen LogP contribution in [0, 0.1) is 6.92 Å². The molecule has 1 N–H and O–H groups in total. The van der Waals surface area contributed by atoms with Crippen molar-refractivity contribution in [3.05, 3.63) is 80.9 Å². The number of carbonyl (C=O) groups is 1. The first-order valence-corrected chi connectivity index (χ1v) is 8.39. The Morgan fingerprint density at radius 1 is 1.08 bits per heavy atom. The summed E-state index contributed by atoms with van der Waals surface area (Å²) in [4.78, 5) is 24.2. The average Bonchev–Trinajstić information content (AvgIpc) is 3.05. The first kappa shape index (κ1) is 16.4. The Morgan fingerprint density at radius 2 is 1.88 bits per heavy atom. The highest BCUT2D eigenvalue weighted by Gasteiger charge is 2.14. The molecule has 2 aromatic carbocycles. The quantitative estimate of drug-likeness (QED) is 0.544. The van der Waals surface area contributed by atoms with Crippen LogP contribution in [0.3, 0.4) is 0 Å². The van der Waals surface area contributed by atoms with Crippen molar-refractivity contribution in [2.75, 3.05) is 0 Å². The monoisotopic (exact) mass is 367 g/mol. The lowest BCUT2D eigenvalue weighted by Gasteiger charge is -2.08. The SMILES string of the molecule is Cc1cc2oc(=O)cc(CNC(=O)c3cc4ccccc4o3)c2cc1Cl. The highest BCUT2D eigenvalue weighted by molar-refractivity contribution is 6.32. The summed E-state index contributed by atoms with van der Waals surface area (Å²) < 4.78 is 10.8. The second-order valence-electron chi connectivity index (χ2n) is 6.02. The maximum Gasteiger partial charge on any atom is 0.336 e. The lowest BCUT2D eigenvalue weighted by molar-refractivity contribution is 0.0925. The maximum atomic E-state index is 12.4. The second-order valence-corrected chi connectivity index (χ2v) is 6.43. The zero-order valence-electron chi connectivity index (χ0n) is 13.8. The molecule has 2 aromatic heterocycles. The molecule has 0 aliphatic heterocycles. The molecule has 26 heavy (non-hydrogen) atoms. The third-order valence-corrected chi connectivity index (χ3v) is 4.61. The number of hydrogen-bond donors (Lipinski definition) is 1. The van der Waals surface area contributed by atoms with Crippen LogP contribution in [0.15, 0.2) is 62.2 Å². The largest absolute Gasteiger partial charge is 0.451 e. The number of para-hydroxylation sites is 1. The van der Waals surface area contributed by atoms with E-state index in [0.717, 1.165) is 10.9 Å². The van der Waals surface area contributed by atoms with E-state index in [1.165, 1.54) is 6.07 Å². The summed E-state index contributed by atoms with van der Waals surface area (Å²) >= 11 is 6.18. The minimum Gasteiger partial charge on any atom is -0.451 e. The van der Waals surface area contributed by atoms with Gasteiger partial charge >= 0.3 is 5.63 Å².